The van der Waals surface area contributed by atoms with Gasteiger partial charge >= 0.3 is 0 Å². The predicted molar refractivity (Wildman–Crippen MR) is 43.8 cm³/mol. The van der Waals surface area contributed by atoms with Crippen molar-refractivity contribution < 1.29 is 8.78 Å². The van der Waals surface area contributed by atoms with Crippen LogP contribution in [0.1, 0.15) is 12.6 Å². The molecule has 0 aromatic carbocycles. The molecular weight excluding hydrogens is 207 g/mol. The van der Waals surface area contributed by atoms with Gasteiger partial charge in [0, 0.05) is 11.9 Å². The maximum atomic E-state index is 12.6. The van der Waals surface area contributed by atoms with Crippen molar-refractivity contribution in [2.75, 3.05) is 0 Å². The molecule has 1 aromatic heterocycles. The van der Waals surface area contributed by atoms with E-state index in [-0.39, 0.29) is 10.2 Å². The van der Waals surface area contributed by atoms with E-state index < -0.39 is 11.6 Å². The zero-order chi connectivity index (χ0) is 9.35. The molecule has 0 saturated carbocycles. The van der Waals surface area contributed by atoms with Crippen molar-refractivity contribution in [3.8, 4) is 0 Å². The summed E-state index contributed by atoms with van der Waals surface area (Å²) in [6.45, 7) is 0.738. The number of aromatic nitrogens is 1. The van der Waals surface area contributed by atoms with Crippen LogP contribution in [-0.4, -0.2) is 4.98 Å². The quantitative estimate of drug-likeness (QED) is 0.649. The fourth-order valence-electron chi connectivity index (χ4n) is 0.691. The van der Waals surface area contributed by atoms with Crippen LogP contribution in [0.2, 0.25) is 10.2 Å². The van der Waals surface area contributed by atoms with E-state index in [1.807, 2.05) is 0 Å². The van der Waals surface area contributed by atoms with Gasteiger partial charge in [-0.05, 0) is 12.1 Å². The molecule has 1 heterocycles. The highest BCUT2D eigenvalue weighted by Crippen LogP contribution is 2.28. The van der Waals surface area contributed by atoms with Crippen molar-refractivity contribution in [1.29, 1.82) is 0 Å². The van der Waals surface area contributed by atoms with E-state index in [9.17, 15) is 8.78 Å². The van der Waals surface area contributed by atoms with Crippen LogP contribution in [0.15, 0.2) is 12.1 Å². The Hall–Kier alpha value is -0.410. The molecule has 0 fully saturated rings. The Morgan fingerprint density at radius 1 is 1.33 bits per heavy atom. The Balaban J connectivity index is 3.18. The second-order valence-corrected chi connectivity index (χ2v) is 3.21. The summed E-state index contributed by atoms with van der Waals surface area (Å²) in [6, 6.07) is 2.39. The highest BCUT2D eigenvalue weighted by atomic mass is 35.5. The molecule has 1 nitrogen and oxygen atoms in total. The summed E-state index contributed by atoms with van der Waals surface area (Å²) in [4.78, 5) is 3.44. The molecule has 0 N–H and O–H groups in total. The van der Waals surface area contributed by atoms with Crippen LogP contribution in [0.25, 0.3) is 0 Å². The third-order valence-corrected chi connectivity index (χ3v) is 1.62. The maximum absolute atomic E-state index is 12.6. The second kappa shape index (κ2) is 3.15. The lowest BCUT2D eigenvalue weighted by molar-refractivity contribution is 0.0128. The first-order chi connectivity index (χ1) is 5.39. The zero-order valence-electron chi connectivity index (χ0n) is 6.11. The average Bonchev–Trinajstić information content (AvgIpc) is 1.82. The highest BCUT2D eigenvalue weighted by Gasteiger charge is 2.26. The van der Waals surface area contributed by atoms with Gasteiger partial charge in [-0.15, -0.1) is 0 Å². The van der Waals surface area contributed by atoms with Gasteiger partial charge in [-0.25, -0.2) is 4.98 Å². The molecule has 0 saturated heterocycles. The Bertz CT molecular complexity index is 276. The maximum Gasteiger partial charge on any atom is 0.287 e. The van der Waals surface area contributed by atoms with E-state index in [1.165, 1.54) is 6.07 Å². The molecule has 5 heteroatoms. The van der Waals surface area contributed by atoms with Crippen LogP contribution < -0.4 is 0 Å². The second-order valence-electron chi connectivity index (χ2n) is 2.38. The molecule has 0 radical (unpaired) electrons. The van der Waals surface area contributed by atoms with Gasteiger partial charge in [0.25, 0.3) is 5.92 Å². The smallest absolute Gasteiger partial charge is 0.235 e. The molecule has 0 amide bonds. The monoisotopic (exact) mass is 211 g/mol. The van der Waals surface area contributed by atoms with Gasteiger partial charge in [-0.3, -0.25) is 0 Å². The van der Waals surface area contributed by atoms with Gasteiger partial charge in [-0.2, -0.15) is 8.78 Å². The van der Waals surface area contributed by atoms with Crippen LogP contribution in [0.5, 0.6) is 0 Å². The van der Waals surface area contributed by atoms with Crippen LogP contribution in [0.4, 0.5) is 8.78 Å². The highest BCUT2D eigenvalue weighted by molar-refractivity contribution is 6.33. The van der Waals surface area contributed by atoms with E-state index in [1.54, 1.807) is 0 Å². The van der Waals surface area contributed by atoms with Crippen LogP contribution in [-0.2, 0) is 5.92 Å². The predicted octanol–water partition coefficient (Wildman–Crippen LogP) is 3.50. The molecule has 12 heavy (non-hydrogen) atoms. The molecule has 0 unspecified atom stereocenters. The third kappa shape index (κ3) is 2.29. The largest absolute Gasteiger partial charge is 0.287 e. The van der Waals surface area contributed by atoms with E-state index in [2.05, 4.69) is 4.98 Å². The van der Waals surface area contributed by atoms with Gasteiger partial charge in [0.05, 0.1) is 0 Å². The van der Waals surface area contributed by atoms with E-state index in [0.717, 1.165) is 13.0 Å². The number of rotatable bonds is 1. The van der Waals surface area contributed by atoms with Crippen molar-refractivity contribution in [1.82, 2.24) is 4.98 Å². The summed E-state index contributed by atoms with van der Waals surface area (Å²) in [5.74, 6) is -3.01. The van der Waals surface area contributed by atoms with Crippen molar-refractivity contribution in [2.45, 2.75) is 12.8 Å². The van der Waals surface area contributed by atoms with Gasteiger partial charge in [0.15, 0.2) is 0 Å². The first-order valence-corrected chi connectivity index (χ1v) is 3.86. The van der Waals surface area contributed by atoms with Gasteiger partial charge in [0.2, 0.25) is 0 Å². The van der Waals surface area contributed by atoms with Gasteiger partial charge < -0.3 is 0 Å². The summed E-state index contributed by atoms with van der Waals surface area (Å²) in [5, 5.41) is 0.130. The standard InChI is InChI=1S/C7H5Cl2F2N/c1-7(10,11)5-2-4(8)3-6(9)12-5/h2-3H,1H3. The fraction of sp³-hybridized carbons (Fsp3) is 0.286. The average molecular weight is 212 g/mol. The van der Waals surface area contributed by atoms with Crippen molar-refractivity contribution in [2.24, 2.45) is 0 Å². The summed E-state index contributed by atoms with van der Waals surface area (Å²) in [7, 11) is 0. The number of alkyl halides is 2. The summed E-state index contributed by atoms with van der Waals surface area (Å²) < 4.78 is 25.3. The molecule has 66 valence electrons. The molecule has 1 rings (SSSR count). The normalized spacial score (nSPS) is 11.8. The molecular formula is C7H5Cl2F2N. The van der Waals surface area contributed by atoms with Crippen LogP contribution in [0, 0.1) is 0 Å². The molecule has 0 spiro atoms. The lowest BCUT2D eigenvalue weighted by atomic mass is 10.2. The lowest BCUT2D eigenvalue weighted by Crippen LogP contribution is -2.09. The Labute approximate surface area is 78.3 Å². The Kier molecular flexibility index (Phi) is 2.54. The van der Waals surface area contributed by atoms with E-state index >= 15 is 0 Å². The lowest BCUT2D eigenvalue weighted by Gasteiger charge is -2.09. The topological polar surface area (TPSA) is 12.9 Å². The molecule has 0 bridgehead atoms. The van der Waals surface area contributed by atoms with E-state index in [0.29, 0.717) is 0 Å². The van der Waals surface area contributed by atoms with Gasteiger partial charge in [-0.1, -0.05) is 23.2 Å². The number of hydrogen-bond donors (Lipinski definition) is 0. The Morgan fingerprint density at radius 2 is 1.92 bits per heavy atom. The third-order valence-electron chi connectivity index (χ3n) is 1.21. The number of hydrogen-bond acceptors (Lipinski definition) is 1. The summed E-state index contributed by atoms with van der Waals surface area (Å²) >= 11 is 10.9. The van der Waals surface area contributed by atoms with Crippen molar-refractivity contribution >= 4 is 23.2 Å². The molecule has 0 aliphatic rings. The van der Waals surface area contributed by atoms with Crippen LogP contribution in [0.3, 0.4) is 0 Å². The van der Waals surface area contributed by atoms with Crippen molar-refractivity contribution in [3.63, 3.8) is 0 Å². The number of pyridine rings is 1. The Morgan fingerprint density at radius 3 is 2.33 bits per heavy atom. The molecule has 0 aliphatic heterocycles. The minimum absolute atomic E-state index is 0.0287. The molecule has 0 atom stereocenters. The number of nitrogens with zero attached hydrogens (tertiary/aromatic N) is 1. The SMILES string of the molecule is CC(F)(F)c1cc(Cl)cc(Cl)n1. The number of halogens is 4. The first kappa shape index (κ1) is 9.68. The van der Waals surface area contributed by atoms with Crippen molar-refractivity contribution in [3.05, 3.63) is 28.0 Å². The fourth-order valence-corrected chi connectivity index (χ4v) is 1.16. The molecule has 0 aliphatic carbocycles. The minimum atomic E-state index is -3.01. The van der Waals surface area contributed by atoms with E-state index in [4.69, 9.17) is 23.2 Å². The molecule has 1 aromatic rings. The summed E-state index contributed by atoms with van der Waals surface area (Å²) in [6.07, 6.45) is 0. The van der Waals surface area contributed by atoms with Crippen LogP contribution >= 0.6 is 23.2 Å². The minimum Gasteiger partial charge on any atom is -0.235 e. The summed E-state index contributed by atoms with van der Waals surface area (Å²) in [5.41, 5.74) is -0.417. The van der Waals surface area contributed by atoms with Gasteiger partial charge in [0.1, 0.15) is 10.8 Å². The first-order valence-electron chi connectivity index (χ1n) is 3.11. The zero-order valence-corrected chi connectivity index (χ0v) is 7.63.